The largest absolute Gasteiger partial charge is 0.481 e. The van der Waals surface area contributed by atoms with Crippen LogP contribution in [0.2, 0.25) is 0 Å². The molecule has 1 unspecified atom stereocenters. The van der Waals surface area contributed by atoms with Gasteiger partial charge in [-0.2, -0.15) is 11.8 Å². The van der Waals surface area contributed by atoms with E-state index in [-0.39, 0.29) is 5.92 Å². The lowest BCUT2D eigenvalue weighted by Gasteiger charge is -1.97. The van der Waals surface area contributed by atoms with Crippen molar-refractivity contribution in [2.75, 3.05) is 11.5 Å². The Kier molecular flexibility index (Phi) is 13.8. The van der Waals surface area contributed by atoms with E-state index in [1.54, 1.807) is 6.92 Å². The van der Waals surface area contributed by atoms with E-state index in [2.05, 4.69) is 24.8 Å². The minimum Gasteiger partial charge on any atom is -0.481 e. The summed E-state index contributed by atoms with van der Waals surface area (Å²) in [4.78, 5) is 10.6. The molecule has 0 saturated heterocycles. The van der Waals surface area contributed by atoms with Gasteiger partial charge in [0.05, 0.1) is 5.92 Å². The molecule has 0 heterocycles. The van der Waals surface area contributed by atoms with Crippen molar-refractivity contribution in [2.45, 2.75) is 52.4 Å². The fraction of sp³-hybridized carbons (Fsp3) is 0.647. The number of carboxylic acid groups (broad SMARTS) is 1. The fourth-order valence-corrected chi connectivity index (χ4v) is 2.17. The standard InChI is InChI=1S/C17H28O2S/c1-3-4-5-6-7-8-11-14-20-15-12-9-10-13-16(2)17(18)19/h8,10-12,16H,3-7,13-15H2,1-2H3,(H,18,19)/b11-8-. The molecule has 1 atom stereocenters. The van der Waals surface area contributed by atoms with Gasteiger partial charge in [0.2, 0.25) is 0 Å². The van der Waals surface area contributed by atoms with Crippen LogP contribution in [0, 0.1) is 5.92 Å². The Balaban J connectivity index is 3.45. The molecule has 0 radical (unpaired) electrons. The molecule has 3 heteroatoms. The lowest BCUT2D eigenvalue weighted by molar-refractivity contribution is -0.140. The summed E-state index contributed by atoms with van der Waals surface area (Å²) < 4.78 is 0. The number of rotatable bonds is 12. The third kappa shape index (κ3) is 13.5. The van der Waals surface area contributed by atoms with Crippen molar-refractivity contribution < 1.29 is 9.90 Å². The molecule has 0 aliphatic carbocycles. The molecule has 0 saturated carbocycles. The zero-order chi connectivity index (χ0) is 15.1. The van der Waals surface area contributed by atoms with Crippen molar-refractivity contribution in [1.82, 2.24) is 0 Å². The van der Waals surface area contributed by atoms with Crippen molar-refractivity contribution in [3.8, 4) is 0 Å². The number of carboxylic acids is 1. The monoisotopic (exact) mass is 296 g/mol. The van der Waals surface area contributed by atoms with Crippen LogP contribution in [0.3, 0.4) is 0 Å². The SMILES string of the molecule is CCCCCC/C=C\CSCC=C=CCC(C)C(=O)O. The molecule has 0 fully saturated rings. The number of aliphatic carboxylic acids is 1. The first kappa shape index (κ1) is 19.1. The Bertz CT molecular complexity index is 328. The molecular formula is C17H28O2S. The molecule has 1 N–H and O–H groups in total. The van der Waals surface area contributed by atoms with Gasteiger partial charge in [-0.1, -0.05) is 45.3 Å². The highest BCUT2D eigenvalue weighted by Gasteiger charge is 2.06. The van der Waals surface area contributed by atoms with Gasteiger partial charge in [0.15, 0.2) is 0 Å². The first-order valence-electron chi connectivity index (χ1n) is 7.53. The van der Waals surface area contributed by atoms with Crippen LogP contribution in [-0.2, 0) is 4.79 Å². The maximum atomic E-state index is 10.6. The predicted octanol–water partition coefficient (Wildman–Crippen LogP) is 5.07. The summed E-state index contributed by atoms with van der Waals surface area (Å²) in [6, 6.07) is 0. The van der Waals surface area contributed by atoms with Gasteiger partial charge in [-0.25, -0.2) is 0 Å². The molecule has 0 aromatic carbocycles. The summed E-state index contributed by atoms with van der Waals surface area (Å²) in [6.45, 7) is 3.94. The lowest BCUT2D eigenvalue weighted by atomic mass is 10.1. The zero-order valence-corrected chi connectivity index (χ0v) is 13.6. The van der Waals surface area contributed by atoms with Crippen molar-refractivity contribution in [1.29, 1.82) is 0 Å². The van der Waals surface area contributed by atoms with Gasteiger partial charge in [0.25, 0.3) is 0 Å². The van der Waals surface area contributed by atoms with Crippen molar-refractivity contribution in [3.63, 3.8) is 0 Å². The summed E-state index contributed by atoms with van der Waals surface area (Å²) in [5.41, 5.74) is 3.04. The van der Waals surface area contributed by atoms with Gasteiger partial charge in [-0.3, -0.25) is 4.79 Å². The van der Waals surface area contributed by atoms with E-state index >= 15 is 0 Å². The van der Waals surface area contributed by atoms with E-state index in [0.717, 1.165) is 11.5 Å². The quantitative estimate of drug-likeness (QED) is 0.310. The van der Waals surface area contributed by atoms with Crippen LogP contribution < -0.4 is 0 Å². The fourth-order valence-electron chi connectivity index (χ4n) is 1.55. The van der Waals surface area contributed by atoms with Gasteiger partial charge >= 0.3 is 5.97 Å². The normalized spacial score (nSPS) is 12.1. The van der Waals surface area contributed by atoms with Gasteiger partial charge < -0.3 is 5.11 Å². The minimum atomic E-state index is -0.749. The maximum Gasteiger partial charge on any atom is 0.306 e. The highest BCUT2D eigenvalue weighted by molar-refractivity contribution is 7.99. The van der Waals surface area contributed by atoms with Crippen LogP contribution in [-0.4, -0.2) is 22.6 Å². The number of carbonyl (C=O) groups is 1. The number of thioether (sulfide) groups is 1. The van der Waals surface area contributed by atoms with Gasteiger partial charge in [0.1, 0.15) is 0 Å². The number of unbranched alkanes of at least 4 members (excludes halogenated alkanes) is 4. The molecule has 0 rings (SSSR count). The summed E-state index contributed by atoms with van der Waals surface area (Å²) >= 11 is 1.85. The smallest absolute Gasteiger partial charge is 0.306 e. The molecule has 0 aliphatic heterocycles. The Morgan fingerprint density at radius 1 is 1.20 bits per heavy atom. The highest BCUT2D eigenvalue weighted by Crippen LogP contribution is 2.05. The number of hydrogen-bond acceptors (Lipinski definition) is 2. The molecule has 0 bridgehead atoms. The van der Waals surface area contributed by atoms with E-state index in [9.17, 15) is 4.79 Å². The second-order valence-corrected chi connectivity index (χ2v) is 5.98. The van der Waals surface area contributed by atoms with E-state index in [1.807, 2.05) is 23.9 Å². The van der Waals surface area contributed by atoms with Gasteiger partial charge in [-0.15, -0.1) is 5.73 Å². The molecule has 114 valence electrons. The summed E-state index contributed by atoms with van der Waals surface area (Å²) in [5, 5.41) is 8.70. The number of allylic oxidation sites excluding steroid dienone is 1. The van der Waals surface area contributed by atoms with Crippen molar-refractivity contribution in [2.24, 2.45) is 5.92 Å². The second-order valence-electron chi connectivity index (χ2n) is 4.91. The maximum absolute atomic E-state index is 10.6. The Labute approximate surface area is 128 Å². The second kappa shape index (κ2) is 14.5. The Hall–Kier alpha value is -0.920. The topological polar surface area (TPSA) is 37.3 Å². The lowest BCUT2D eigenvalue weighted by Crippen LogP contribution is -2.07. The Morgan fingerprint density at radius 3 is 2.70 bits per heavy atom. The van der Waals surface area contributed by atoms with Crippen LogP contribution in [0.5, 0.6) is 0 Å². The molecule has 0 amide bonds. The van der Waals surface area contributed by atoms with Crippen LogP contribution in [0.4, 0.5) is 0 Å². The first-order valence-corrected chi connectivity index (χ1v) is 8.68. The molecule has 0 aromatic rings. The van der Waals surface area contributed by atoms with Crippen LogP contribution in [0.1, 0.15) is 52.4 Å². The van der Waals surface area contributed by atoms with Gasteiger partial charge in [-0.05, 0) is 31.4 Å². The summed E-state index contributed by atoms with van der Waals surface area (Å²) in [6.07, 6.45) is 15.3. The predicted molar refractivity (Wildman–Crippen MR) is 89.3 cm³/mol. The van der Waals surface area contributed by atoms with E-state index in [4.69, 9.17) is 5.11 Å². The average molecular weight is 296 g/mol. The van der Waals surface area contributed by atoms with E-state index < -0.39 is 5.97 Å². The highest BCUT2D eigenvalue weighted by atomic mass is 32.2. The van der Waals surface area contributed by atoms with Crippen LogP contribution in [0.25, 0.3) is 0 Å². The van der Waals surface area contributed by atoms with Crippen molar-refractivity contribution in [3.05, 3.63) is 30.0 Å². The van der Waals surface area contributed by atoms with E-state index in [0.29, 0.717) is 6.42 Å². The molecule has 0 aromatic heterocycles. The Morgan fingerprint density at radius 2 is 2.00 bits per heavy atom. The average Bonchev–Trinajstić information content (AvgIpc) is 2.43. The first-order chi connectivity index (χ1) is 9.68. The third-order valence-electron chi connectivity index (χ3n) is 2.93. The number of hydrogen-bond donors (Lipinski definition) is 1. The molecule has 2 nitrogen and oxygen atoms in total. The van der Waals surface area contributed by atoms with Crippen LogP contribution in [0.15, 0.2) is 30.0 Å². The van der Waals surface area contributed by atoms with Gasteiger partial charge in [0, 0.05) is 11.5 Å². The molecule has 20 heavy (non-hydrogen) atoms. The summed E-state index contributed by atoms with van der Waals surface area (Å²) in [7, 11) is 0. The molecular weight excluding hydrogens is 268 g/mol. The molecule has 0 spiro atoms. The van der Waals surface area contributed by atoms with Crippen molar-refractivity contribution >= 4 is 17.7 Å². The zero-order valence-electron chi connectivity index (χ0n) is 12.8. The summed E-state index contributed by atoms with van der Waals surface area (Å²) in [5.74, 6) is 0.899. The minimum absolute atomic E-state index is 0.320. The van der Waals surface area contributed by atoms with E-state index in [1.165, 1.54) is 32.1 Å². The third-order valence-corrected chi connectivity index (χ3v) is 3.77. The molecule has 0 aliphatic rings. The van der Waals surface area contributed by atoms with Crippen LogP contribution >= 0.6 is 11.8 Å².